The minimum absolute atomic E-state index is 0.0948. The standard InChI is InChI=1S/C22H34N2O6/c1-4-5-11-17(20(27)23-13-12-15(2)3)24-21(28)18(25)19(26)22(29)30-14-16-9-7-6-8-10-16/h6-10,15,17-19,25-26H,4-5,11-14H2,1-3H3,(H,23,27)(H,24,28)/t17-,18-,19-/m0/s1. The average Bonchev–Trinajstić information content (AvgIpc) is 2.73. The van der Waals surface area contributed by atoms with E-state index in [0.717, 1.165) is 12.8 Å². The number of esters is 1. The quantitative estimate of drug-likeness (QED) is 0.355. The van der Waals surface area contributed by atoms with Gasteiger partial charge in [0.25, 0.3) is 5.91 Å². The first-order valence-electron chi connectivity index (χ1n) is 10.4. The number of amides is 2. The molecule has 2 amide bonds. The van der Waals surface area contributed by atoms with Crippen LogP contribution < -0.4 is 10.6 Å². The Kier molecular flexibility index (Phi) is 11.7. The summed E-state index contributed by atoms with van der Waals surface area (Å²) in [5, 5.41) is 25.2. The molecule has 0 spiro atoms. The van der Waals surface area contributed by atoms with Gasteiger partial charge in [-0.15, -0.1) is 0 Å². The number of aliphatic hydroxyl groups excluding tert-OH is 2. The third-order valence-electron chi connectivity index (χ3n) is 4.53. The van der Waals surface area contributed by atoms with E-state index < -0.39 is 30.1 Å². The first-order chi connectivity index (χ1) is 14.3. The van der Waals surface area contributed by atoms with Gasteiger partial charge in [0.2, 0.25) is 5.91 Å². The van der Waals surface area contributed by atoms with Crippen LogP contribution in [0.15, 0.2) is 30.3 Å². The van der Waals surface area contributed by atoms with E-state index in [0.29, 0.717) is 30.9 Å². The van der Waals surface area contributed by atoms with Gasteiger partial charge in [-0.25, -0.2) is 4.79 Å². The lowest BCUT2D eigenvalue weighted by atomic mass is 10.1. The number of carbonyl (C=O) groups is 3. The third-order valence-corrected chi connectivity index (χ3v) is 4.53. The second-order valence-electron chi connectivity index (χ2n) is 7.66. The van der Waals surface area contributed by atoms with Crippen molar-refractivity contribution in [1.29, 1.82) is 0 Å². The normalized spacial score (nSPS) is 13.9. The maximum absolute atomic E-state index is 12.4. The molecule has 0 aromatic heterocycles. The predicted molar refractivity (Wildman–Crippen MR) is 112 cm³/mol. The molecule has 0 radical (unpaired) electrons. The summed E-state index contributed by atoms with van der Waals surface area (Å²) < 4.78 is 4.95. The van der Waals surface area contributed by atoms with Gasteiger partial charge in [0.05, 0.1) is 0 Å². The SMILES string of the molecule is CCCC[C@H](NC(=O)[C@@H](O)[C@H](O)C(=O)OCc1ccccc1)C(=O)NCCC(C)C. The summed E-state index contributed by atoms with van der Waals surface area (Å²) in [6.45, 7) is 6.42. The van der Waals surface area contributed by atoms with Crippen molar-refractivity contribution in [1.82, 2.24) is 10.6 Å². The molecule has 0 bridgehead atoms. The fourth-order valence-electron chi connectivity index (χ4n) is 2.63. The van der Waals surface area contributed by atoms with Crippen LogP contribution in [0.3, 0.4) is 0 Å². The topological polar surface area (TPSA) is 125 Å². The molecule has 0 heterocycles. The van der Waals surface area contributed by atoms with E-state index >= 15 is 0 Å². The van der Waals surface area contributed by atoms with Gasteiger partial charge in [0, 0.05) is 6.54 Å². The van der Waals surface area contributed by atoms with E-state index in [9.17, 15) is 24.6 Å². The van der Waals surface area contributed by atoms with Crippen molar-refractivity contribution < 1.29 is 29.3 Å². The molecule has 0 saturated heterocycles. The van der Waals surface area contributed by atoms with E-state index in [1.165, 1.54) is 0 Å². The number of carbonyl (C=O) groups excluding carboxylic acids is 3. The summed E-state index contributed by atoms with van der Waals surface area (Å²) in [5.41, 5.74) is 0.703. The van der Waals surface area contributed by atoms with Crippen LogP contribution in [0.2, 0.25) is 0 Å². The van der Waals surface area contributed by atoms with Crippen molar-refractivity contribution >= 4 is 17.8 Å². The average molecular weight is 423 g/mol. The Morgan fingerprint density at radius 1 is 1.00 bits per heavy atom. The molecule has 3 atom stereocenters. The number of hydrogen-bond donors (Lipinski definition) is 4. The second kappa shape index (κ2) is 13.7. The first kappa shape index (κ1) is 25.6. The van der Waals surface area contributed by atoms with Gasteiger partial charge in [0.1, 0.15) is 12.6 Å². The van der Waals surface area contributed by atoms with E-state index in [2.05, 4.69) is 10.6 Å². The Morgan fingerprint density at radius 3 is 2.27 bits per heavy atom. The molecule has 1 rings (SSSR count). The number of unbranched alkanes of at least 4 members (excludes halogenated alkanes) is 1. The Balaban J connectivity index is 2.60. The maximum atomic E-state index is 12.4. The summed E-state index contributed by atoms with van der Waals surface area (Å²) >= 11 is 0. The van der Waals surface area contributed by atoms with Gasteiger partial charge in [-0.1, -0.05) is 63.9 Å². The number of benzene rings is 1. The van der Waals surface area contributed by atoms with Crippen LogP contribution in [0.4, 0.5) is 0 Å². The lowest BCUT2D eigenvalue weighted by molar-refractivity contribution is -0.165. The highest BCUT2D eigenvalue weighted by atomic mass is 16.5. The van der Waals surface area contributed by atoms with Crippen molar-refractivity contribution in [2.45, 2.75) is 71.3 Å². The minimum Gasteiger partial charge on any atom is -0.459 e. The number of rotatable bonds is 13. The molecule has 0 aliphatic heterocycles. The molecular formula is C22H34N2O6. The molecule has 1 aromatic carbocycles. The molecule has 1 aromatic rings. The van der Waals surface area contributed by atoms with E-state index in [1.807, 2.05) is 26.8 Å². The number of nitrogens with one attached hydrogen (secondary N) is 2. The molecule has 30 heavy (non-hydrogen) atoms. The summed E-state index contributed by atoms with van der Waals surface area (Å²) in [4.78, 5) is 36.7. The van der Waals surface area contributed by atoms with Crippen LogP contribution in [0.25, 0.3) is 0 Å². The highest BCUT2D eigenvalue weighted by Gasteiger charge is 2.33. The van der Waals surface area contributed by atoms with E-state index in [-0.39, 0.29) is 12.5 Å². The number of ether oxygens (including phenoxy) is 1. The predicted octanol–water partition coefficient (Wildman–Crippen LogP) is 1.29. The van der Waals surface area contributed by atoms with Crippen LogP contribution >= 0.6 is 0 Å². The fourth-order valence-corrected chi connectivity index (χ4v) is 2.63. The van der Waals surface area contributed by atoms with Crippen LogP contribution in [-0.4, -0.2) is 52.8 Å². The van der Waals surface area contributed by atoms with Gasteiger partial charge >= 0.3 is 5.97 Å². The molecule has 0 aliphatic carbocycles. The van der Waals surface area contributed by atoms with Crippen LogP contribution in [0, 0.1) is 5.92 Å². The molecule has 4 N–H and O–H groups in total. The lowest BCUT2D eigenvalue weighted by Gasteiger charge is -2.22. The molecule has 0 saturated carbocycles. The highest BCUT2D eigenvalue weighted by Crippen LogP contribution is 2.06. The van der Waals surface area contributed by atoms with Crippen LogP contribution in [-0.2, 0) is 25.7 Å². The van der Waals surface area contributed by atoms with Crippen LogP contribution in [0.5, 0.6) is 0 Å². The zero-order valence-electron chi connectivity index (χ0n) is 18.0. The van der Waals surface area contributed by atoms with Gasteiger partial charge < -0.3 is 25.6 Å². The van der Waals surface area contributed by atoms with Crippen LogP contribution in [0.1, 0.15) is 52.0 Å². The molecule has 0 unspecified atom stereocenters. The zero-order valence-corrected chi connectivity index (χ0v) is 18.0. The maximum Gasteiger partial charge on any atom is 0.338 e. The smallest absolute Gasteiger partial charge is 0.338 e. The molecule has 8 nitrogen and oxygen atoms in total. The van der Waals surface area contributed by atoms with Crippen molar-refractivity contribution in [2.24, 2.45) is 5.92 Å². The Hall–Kier alpha value is -2.45. The fraction of sp³-hybridized carbons (Fsp3) is 0.591. The first-order valence-corrected chi connectivity index (χ1v) is 10.4. The molecule has 8 heteroatoms. The Morgan fingerprint density at radius 2 is 1.67 bits per heavy atom. The van der Waals surface area contributed by atoms with E-state index in [1.54, 1.807) is 24.3 Å². The lowest BCUT2D eigenvalue weighted by Crippen LogP contribution is -2.53. The van der Waals surface area contributed by atoms with Gasteiger partial charge in [-0.05, 0) is 24.3 Å². The summed E-state index contributed by atoms with van der Waals surface area (Å²) in [5.74, 6) is -2.05. The third kappa shape index (κ3) is 9.37. The summed E-state index contributed by atoms with van der Waals surface area (Å²) in [6.07, 6.45) is -1.39. The summed E-state index contributed by atoms with van der Waals surface area (Å²) in [7, 11) is 0. The van der Waals surface area contributed by atoms with Gasteiger partial charge in [-0.3, -0.25) is 9.59 Å². The Labute approximate surface area is 178 Å². The highest BCUT2D eigenvalue weighted by molar-refractivity contribution is 5.92. The number of aliphatic hydroxyl groups is 2. The molecule has 0 fully saturated rings. The monoisotopic (exact) mass is 422 g/mol. The molecule has 168 valence electrons. The van der Waals surface area contributed by atoms with Gasteiger partial charge in [0.15, 0.2) is 12.2 Å². The van der Waals surface area contributed by atoms with E-state index in [4.69, 9.17) is 4.74 Å². The zero-order chi connectivity index (χ0) is 22.5. The number of hydrogen-bond acceptors (Lipinski definition) is 6. The molecule has 0 aliphatic rings. The van der Waals surface area contributed by atoms with Crippen molar-refractivity contribution in [3.63, 3.8) is 0 Å². The van der Waals surface area contributed by atoms with Crippen molar-refractivity contribution in [3.8, 4) is 0 Å². The largest absolute Gasteiger partial charge is 0.459 e. The van der Waals surface area contributed by atoms with Crippen molar-refractivity contribution in [2.75, 3.05) is 6.54 Å². The minimum atomic E-state index is -2.05. The van der Waals surface area contributed by atoms with Crippen molar-refractivity contribution in [3.05, 3.63) is 35.9 Å². The Bertz CT molecular complexity index is 665. The summed E-state index contributed by atoms with van der Waals surface area (Å²) in [6, 6.07) is 7.96. The molecular weight excluding hydrogens is 388 g/mol. The second-order valence-corrected chi connectivity index (χ2v) is 7.66. The van der Waals surface area contributed by atoms with Gasteiger partial charge in [-0.2, -0.15) is 0 Å².